The SMILES string of the molecule is C=CCN1CCC23c4c5ccc(C#N)c4OC2C(=O)CCC3(O)C1C5. The van der Waals surface area contributed by atoms with E-state index in [0.29, 0.717) is 37.0 Å². The summed E-state index contributed by atoms with van der Waals surface area (Å²) < 4.78 is 6.10. The average molecular weight is 336 g/mol. The van der Waals surface area contributed by atoms with E-state index in [1.165, 1.54) is 0 Å². The van der Waals surface area contributed by atoms with Gasteiger partial charge in [0.05, 0.1) is 16.6 Å². The van der Waals surface area contributed by atoms with Crippen LogP contribution in [0.15, 0.2) is 24.8 Å². The van der Waals surface area contributed by atoms with Crippen LogP contribution in [-0.4, -0.2) is 46.6 Å². The molecule has 2 bridgehead atoms. The minimum atomic E-state index is -1.00. The number of nitriles is 1. The highest BCUT2D eigenvalue weighted by Gasteiger charge is 2.72. The molecule has 1 aromatic carbocycles. The fourth-order valence-corrected chi connectivity index (χ4v) is 5.90. The van der Waals surface area contributed by atoms with E-state index in [2.05, 4.69) is 17.5 Å². The Labute approximate surface area is 146 Å². The number of likely N-dealkylation sites (tertiary alicyclic amines) is 1. The average Bonchev–Trinajstić information content (AvgIpc) is 2.96. The van der Waals surface area contributed by atoms with Crippen molar-refractivity contribution in [2.24, 2.45) is 0 Å². The quantitative estimate of drug-likeness (QED) is 0.828. The third-order valence-electron chi connectivity index (χ3n) is 6.87. The molecule has 5 rings (SSSR count). The zero-order valence-electron chi connectivity index (χ0n) is 14.0. The number of rotatable bonds is 2. The maximum absolute atomic E-state index is 12.7. The van der Waals surface area contributed by atoms with Gasteiger partial charge in [-0.2, -0.15) is 5.26 Å². The Morgan fingerprint density at radius 3 is 3.08 bits per heavy atom. The minimum absolute atomic E-state index is 0.0496. The lowest BCUT2D eigenvalue weighted by molar-refractivity contribution is -0.187. The molecular formula is C20H20N2O3. The van der Waals surface area contributed by atoms with Crippen LogP contribution in [-0.2, 0) is 16.6 Å². The largest absolute Gasteiger partial charge is 0.480 e. The molecule has 5 heteroatoms. The van der Waals surface area contributed by atoms with Crippen LogP contribution in [0.25, 0.3) is 0 Å². The molecule has 4 atom stereocenters. The van der Waals surface area contributed by atoms with Crippen molar-refractivity contribution < 1.29 is 14.6 Å². The van der Waals surface area contributed by atoms with E-state index >= 15 is 0 Å². The van der Waals surface area contributed by atoms with Crippen LogP contribution in [0.5, 0.6) is 5.75 Å². The third kappa shape index (κ3) is 1.53. The second kappa shape index (κ2) is 4.72. The molecule has 2 aliphatic heterocycles. The van der Waals surface area contributed by atoms with E-state index in [1.54, 1.807) is 6.07 Å². The van der Waals surface area contributed by atoms with Gasteiger partial charge in [0.1, 0.15) is 11.8 Å². The molecule has 128 valence electrons. The number of ether oxygens (including phenoxy) is 1. The van der Waals surface area contributed by atoms with E-state index in [1.807, 2.05) is 12.1 Å². The summed E-state index contributed by atoms with van der Waals surface area (Å²) >= 11 is 0. The van der Waals surface area contributed by atoms with Crippen LogP contribution in [0, 0.1) is 11.3 Å². The highest BCUT2D eigenvalue weighted by atomic mass is 16.5. The van der Waals surface area contributed by atoms with Crippen molar-refractivity contribution in [1.82, 2.24) is 4.90 Å². The standard InChI is InChI=1S/C20H20N2O3/c1-2-8-22-9-7-19-16-12-3-4-13(11-21)17(16)25-18(19)14(23)5-6-20(19,24)15(22)10-12/h2-4,15,18,24H,1,5-10H2. The van der Waals surface area contributed by atoms with Crippen molar-refractivity contribution in [2.75, 3.05) is 13.1 Å². The Bertz CT molecular complexity index is 857. The van der Waals surface area contributed by atoms with Crippen molar-refractivity contribution in [1.29, 1.82) is 5.26 Å². The van der Waals surface area contributed by atoms with Crippen LogP contribution >= 0.6 is 0 Å². The van der Waals surface area contributed by atoms with Gasteiger partial charge in [0.2, 0.25) is 0 Å². The van der Waals surface area contributed by atoms with E-state index in [0.717, 1.165) is 24.2 Å². The number of piperidine rings is 1. The van der Waals surface area contributed by atoms with Crippen molar-refractivity contribution in [3.05, 3.63) is 41.5 Å². The Morgan fingerprint density at radius 1 is 1.48 bits per heavy atom. The molecule has 4 aliphatic rings. The van der Waals surface area contributed by atoms with Gasteiger partial charge in [-0.15, -0.1) is 6.58 Å². The Morgan fingerprint density at radius 2 is 2.32 bits per heavy atom. The summed E-state index contributed by atoms with van der Waals surface area (Å²) in [6, 6.07) is 5.90. The topological polar surface area (TPSA) is 73.6 Å². The van der Waals surface area contributed by atoms with Gasteiger partial charge in [-0.25, -0.2) is 0 Å². The van der Waals surface area contributed by atoms with Crippen molar-refractivity contribution >= 4 is 5.78 Å². The number of Topliss-reactive ketones (excluding diaryl/α,β-unsaturated/α-hetero) is 1. The number of carbonyl (C=O) groups excluding carboxylic acids is 1. The smallest absolute Gasteiger partial charge is 0.174 e. The second-order valence-electron chi connectivity index (χ2n) is 7.70. The van der Waals surface area contributed by atoms with Crippen LogP contribution in [0.2, 0.25) is 0 Å². The summed E-state index contributed by atoms with van der Waals surface area (Å²) in [4.78, 5) is 15.0. The number of hydrogen-bond acceptors (Lipinski definition) is 5. The predicted molar refractivity (Wildman–Crippen MR) is 90.3 cm³/mol. The first kappa shape index (κ1) is 15.1. The molecule has 1 N–H and O–H groups in total. The van der Waals surface area contributed by atoms with Gasteiger partial charge in [-0.05, 0) is 30.9 Å². The van der Waals surface area contributed by atoms with E-state index in [9.17, 15) is 15.2 Å². The number of carbonyl (C=O) groups is 1. The number of benzene rings is 1. The highest BCUT2D eigenvalue weighted by molar-refractivity contribution is 5.90. The zero-order chi connectivity index (χ0) is 17.4. The zero-order valence-corrected chi connectivity index (χ0v) is 14.0. The summed E-state index contributed by atoms with van der Waals surface area (Å²) in [5.41, 5.74) is 0.792. The van der Waals surface area contributed by atoms with Gasteiger partial charge in [-0.3, -0.25) is 9.69 Å². The summed E-state index contributed by atoms with van der Waals surface area (Å²) in [7, 11) is 0. The van der Waals surface area contributed by atoms with E-state index in [-0.39, 0.29) is 11.8 Å². The van der Waals surface area contributed by atoms with Crippen molar-refractivity contribution in [3.63, 3.8) is 0 Å². The molecule has 2 fully saturated rings. The van der Waals surface area contributed by atoms with Crippen LogP contribution in [0.1, 0.15) is 36.0 Å². The van der Waals surface area contributed by atoms with Gasteiger partial charge in [0, 0.05) is 31.1 Å². The Balaban J connectivity index is 1.81. The molecule has 25 heavy (non-hydrogen) atoms. The summed E-state index contributed by atoms with van der Waals surface area (Å²) in [5, 5.41) is 21.4. The predicted octanol–water partition coefficient (Wildman–Crippen LogP) is 1.47. The molecular weight excluding hydrogens is 316 g/mol. The fourth-order valence-electron chi connectivity index (χ4n) is 5.90. The number of ketones is 1. The number of aliphatic hydroxyl groups is 1. The van der Waals surface area contributed by atoms with Gasteiger partial charge in [0.25, 0.3) is 0 Å². The molecule has 1 saturated heterocycles. The molecule has 2 aliphatic carbocycles. The highest BCUT2D eigenvalue weighted by Crippen LogP contribution is 2.63. The summed E-state index contributed by atoms with van der Waals surface area (Å²) in [6.45, 7) is 5.37. The van der Waals surface area contributed by atoms with Crippen LogP contribution in [0.4, 0.5) is 0 Å². The lowest BCUT2D eigenvalue weighted by Crippen LogP contribution is -2.76. The van der Waals surface area contributed by atoms with E-state index < -0.39 is 17.1 Å². The first-order valence-electron chi connectivity index (χ1n) is 8.90. The minimum Gasteiger partial charge on any atom is -0.480 e. The van der Waals surface area contributed by atoms with Crippen molar-refractivity contribution in [2.45, 2.75) is 48.8 Å². The molecule has 1 spiro atoms. The molecule has 4 unspecified atom stereocenters. The lowest BCUT2D eigenvalue weighted by Gasteiger charge is -2.62. The Kier molecular flexibility index (Phi) is 2.85. The maximum Gasteiger partial charge on any atom is 0.174 e. The van der Waals surface area contributed by atoms with Gasteiger partial charge in [0.15, 0.2) is 11.9 Å². The molecule has 1 saturated carbocycles. The Hall–Kier alpha value is -2.16. The summed E-state index contributed by atoms with van der Waals surface area (Å²) in [5.74, 6) is 0.586. The van der Waals surface area contributed by atoms with Crippen LogP contribution < -0.4 is 4.74 Å². The fraction of sp³-hybridized carbons (Fsp3) is 0.500. The second-order valence-corrected chi connectivity index (χ2v) is 7.70. The normalized spacial score (nSPS) is 37.8. The number of nitrogens with zero attached hydrogens (tertiary/aromatic N) is 2. The van der Waals surface area contributed by atoms with E-state index in [4.69, 9.17) is 4.74 Å². The van der Waals surface area contributed by atoms with Crippen LogP contribution in [0.3, 0.4) is 0 Å². The third-order valence-corrected chi connectivity index (χ3v) is 6.87. The first-order chi connectivity index (χ1) is 12.1. The van der Waals surface area contributed by atoms with Crippen molar-refractivity contribution in [3.8, 4) is 11.8 Å². The first-order valence-corrected chi connectivity index (χ1v) is 8.90. The molecule has 0 aromatic heterocycles. The monoisotopic (exact) mass is 336 g/mol. The molecule has 0 radical (unpaired) electrons. The maximum atomic E-state index is 12.7. The molecule has 0 amide bonds. The molecule has 1 aromatic rings. The number of hydrogen-bond donors (Lipinski definition) is 1. The summed E-state index contributed by atoms with van der Waals surface area (Å²) in [6.07, 6.45) is 3.37. The van der Waals surface area contributed by atoms with Gasteiger partial charge >= 0.3 is 0 Å². The van der Waals surface area contributed by atoms with Gasteiger partial charge in [-0.1, -0.05) is 12.1 Å². The molecule has 2 heterocycles. The lowest BCUT2D eigenvalue weighted by atomic mass is 9.49. The molecule has 5 nitrogen and oxygen atoms in total. The van der Waals surface area contributed by atoms with Gasteiger partial charge < -0.3 is 9.84 Å².